The lowest BCUT2D eigenvalue weighted by Crippen LogP contribution is -2.40. The first-order valence-electron chi connectivity index (χ1n) is 8.34. The third-order valence-corrected chi connectivity index (χ3v) is 20.7. The summed E-state index contributed by atoms with van der Waals surface area (Å²) < 4.78 is 0. The molecule has 25 heavy (non-hydrogen) atoms. The van der Waals surface area contributed by atoms with Gasteiger partial charge in [0.1, 0.15) is 0 Å². The van der Waals surface area contributed by atoms with Crippen LogP contribution in [0.1, 0.15) is 0 Å². The summed E-state index contributed by atoms with van der Waals surface area (Å²) in [5, 5.41) is 0. The van der Waals surface area contributed by atoms with Crippen molar-refractivity contribution in [3.8, 4) is 0 Å². The summed E-state index contributed by atoms with van der Waals surface area (Å²) in [6, 6.07) is 7.70. The Kier molecular flexibility index (Phi) is 12.7. The first kappa shape index (κ1) is 28.4. The van der Waals surface area contributed by atoms with Gasteiger partial charge in [-0.1, -0.05) is 24.2 Å². The van der Waals surface area contributed by atoms with Crippen molar-refractivity contribution in [3.63, 3.8) is 0 Å². The van der Waals surface area contributed by atoms with Gasteiger partial charge in [0.2, 0.25) is 26.8 Å². The van der Waals surface area contributed by atoms with Crippen molar-refractivity contribution in [3.05, 3.63) is 0 Å². The lowest BCUT2D eigenvalue weighted by molar-refractivity contribution is 1.09. The first-order chi connectivity index (χ1) is 10.8. The fourth-order valence-electron chi connectivity index (χ4n) is 2.69. The fourth-order valence-corrected chi connectivity index (χ4v) is 26.5. The molecule has 152 valence electrons. The molecule has 0 spiro atoms. The van der Waals surface area contributed by atoms with E-state index >= 15 is 0 Å². The molecule has 0 saturated heterocycles. The molecule has 0 aliphatic rings. The van der Waals surface area contributed by atoms with Crippen LogP contribution in [0.5, 0.6) is 0 Å². The smallest absolute Gasteiger partial charge is 0.146 e. The van der Waals surface area contributed by atoms with Gasteiger partial charge in [0.25, 0.3) is 0 Å². The zero-order chi connectivity index (χ0) is 20.2. The van der Waals surface area contributed by atoms with E-state index in [1.165, 1.54) is 0 Å². The predicted octanol–water partition coefficient (Wildman–Crippen LogP) is 9.63. The van der Waals surface area contributed by atoms with E-state index in [1.54, 1.807) is 0 Å². The van der Waals surface area contributed by atoms with E-state index in [2.05, 4.69) is 0 Å². The molecule has 0 heterocycles. The molecule has 0 atom stereocenters. The Hall–Kier alpha value is 3.40. The van der Waals surface area contributed by atoms with Crippen molar-refractivity contribution >= 4 is 123 Å². The van der Waals surface area contributed by atoms with Crippen LogP contribution in [0.4, 0.5) is 0 Å². The Labute approximate surface area is 196 Å². The molecule has 0 unspecified atom stereocenters. The maximum Gasteiger partial charge on any atom is 0.248 e. The molecule has 0 rings (SSSR count). The van der Waals surface area contributed by atoms with Gasteiger partial charge in [-0.15, -0.1) is 88.6 Å². The summed E-state index contributed by atoms with van der Waals surface area (Å²) in [6.45, 7) is -0.812. The maximum atomic E-state index is 6.41. The van der Waals surface area contributed by atoms with Gasteiger partial charge < -0.3 is 0 Å². The SMILES string of the molecule is C[Si](Cl)(Cl)CC[Si](CC[Si](C)(Cl)Cl)(CC[Si](C)(Cl)Cl)CC[Si](C)(Cl)Cl. The minimum absolute atomic E-state index is 0.872. The number of rotatable bonds is 12. The third-order valence-electron chi connectivity index (χ3n) is 4.38. The van der Waals surface area contributed by atoms with Gasteiger partial charge in [-0.2, -0.15) is 0 Å². The highest BCUT2D eigenvalue weighted by atomic mass is 35.7. The van der Waals surface area contributed by atoms with Gasteiger partial charge in [0, 0.05) is 0 Å². The molecule has 0 aromatic heterocycles. The zero-order valence-corrected chi connectivity index (χ0v) is 26.2. The van der Waals surface area contributed by atoms with Crippen LogP contribution in [-0.2, 0) is 0 Å². The molecule has 0 fully saturated rings. The summed E-state index contributed by atoms with van der Waals surface area (Å²) in [6.07, 6.45) is 0. The van der Waals surface area contributed by atoms with E-state index in [0.29, 0.717) is 0 Å². The number of hydrogen-bond donors (Lipinski definition) is 0. The van der Waals surface area contributed by atoms with Crippen LogP contribution in [0.3, 0.4) is 0 Å². The molecular formula is C12H28Cl8Si5. The summed E-state index contributed by atoms with van der Waals surface area (Å²) in [5.74, 6) is 0. The highest BCUT2D eigenvalue weighted by Gasteiger charge is 2.41. The number of halogens is 8. The summed E-state index contributed by atoms with van der Waals surface area (Å²) in [7, 11) is -1.77. The molecule has 0 aliphatic carbocycles. The molecule has 0 N–H and O–H groups in total. The van der Waals surface area contributed by atoms with Gasteiger partial charge in [-0.3, -0.25) is 0 Å². The van der Waals surface area contributed by atoms with Crippen molar-refractivity contribution in [1.82, 2.24) is 0 Å². The van der Waals surface area contributed by atoms with Crippen LogP contribution in [0.15, 0.2) is 0 Å². The second-order valence-corrected chi connectivity index (χ2v) is 45.7. The van der Waals surface area contributed by atoms with E-state index < -0.39 is 34.8 Å². The standard InChI is InChI=1S/C12H28Cl8Si5/c1-21(13,14)5-9-25(10-6-22(2,15)16,11-7-23(3,17)18)12-8-24(4,19)20/h5-12H2,1-4H3. The monoisotopic (exact) mass is 592 g/mol. The van der Waals surface area contributed by atoms with Crippen LogP contribution < -0.4 is 0 Å². The Morgan fingerprint density at radius 2 is 0.520 bits per heavy atom. The molecule has 0 bridgehead atoms. The van der Waals surface area contributed by atoms with E-state index in [1.807, 2.05) is 26.2 Å². The molecule has 0 radical (unpaired) electrons. The van der Waals surface area contributed by atoms with Crippen LogP contribution in [0, 0.1) is 0 Å². The van der Waals surface area contributed by atoms with E-state index in [9.17, 15) is 0 Å². The van der Waals surface area contributed by atoms with E-state index in [4.69, 9.17) is 88.6 Å². The quantitative estimate of drug-likeness (QED) is 0.156. The minimum Gasteiger partial charge on any atom is -0.146 e. The van der Waals surface area contributed by atoms with E-state index in [-0.39, 0.29) is 0 Å². The summed E-state index contributed by atoms with van der Waals surface area (Å²) in [4.78, 5) is 0. The second kappa shape index (κ2) is 11.1. The Balaban J connectivity index is 5.41. The van der Waals surface area contributed by atoms with Crippen LogP contribution >= 0.6 is 88.6 Å². The zero-order valence-electron chi connectivity index (χ0n) is 15.2. The second-order valence-electron chi connectivity index (χ2n) is 7.78. The lowest BCUT2D eigenvalue weighted by Gasteiger charge is -2.36. The Bertz CT molecular complexity index is 319. The van der Waals surface area contributed by atoms with Crippen molar-refractivity contribution in [1.29, 1.82) is 0 Å². The average molecular weight is 596 g/mol. The van der Waals surface area contributed by atoms with Crippen LogP contribution in [0.2, 0.25) is 74.5 Å². The molecular weight excluding hydrogens is 568 g/mol. The first-order valence-corrected chi connectivity index (χ1v) is 30.1. The highest BCUT2D eigenvalue weighted by Crippen LogP contribution is 2.42. The molecule has 0 aliphatic heterocycles. The molecule has 0 aromatic carbocycles. The minimum atomic E-state index is -2.18. The van der Waals surface area contributed by atoms with Crippen molar-refractivity contribution in [2.45, 2.75) is 74.5 Å². The fraction of sp³-hybridized carbons (Fsp3) is 1.00. The average Bonchev–Trinajstić information content (AvgIpc) is 2.33. The van der Waals surface area contributed by atoms with Gasteiger partial charge >= 0.3 is 0 Å². The van der Waals surface area contributed by atoms with Crippen molar-refractivity contribution < 1.29 is 0 Å². The molecule has 0 amide bonds. The largest absolute Gasteiger partial charge is 0.248 e. The van der Waals surface area contributed by atoms with Crippen molar-refractivity contribution in [2.24, 2.45) is 0 Å². The maximum absolute atomic E-state index is 6.41. The van der Waals surface area contributed by atoms with Crippen LogP contribution in [-0.4, -0.2) is 34.8 Å². The Morgan fingerprint density at radius 1 is 0.360 bits per heavy atom. The van der Waals surface area contributed by atoms with Gasteiger partial charge in [0.15, 0.2) is 0 Å². The van der Waals surface area contributed by atoms with Crippen molar-refractivity contribution in [2.75, 3.05) is 0 Å². The van der Waals surface area contributed by atoms with Gasteiger partial charge in [0.05, 0.1) is 8.07 Å². The lowest BCUT2D eigenvalue weighted by atomic mass is 10.9. The topological polar surface area (TPSA) is 0 Å². The molecule has 0 saturated carbocycles. The molecule has 13 heteroatoms. The highest BCUT2D eigenvalue weighted by molar-refractivity contribution is 7.46. The van der Waals surface area contributed by atoms with Gasteiger partial charge in [-0.25, -0.2) is 0 Å². The normalized spacial score (nSPS) is 14.9. The summed E-state index contributed by atoms with van der Waals surface area (Å²) in [5.41, 5.74) is 0. The molecule has 0 aromatic rings. The predicted molar refractivity (Wildman–Crippen MR) is 138 cm³/mol. The summed E-state index contributed by atoms with van der Waals surface area (Å²) >= 11 is 51.2. The Morgan fingerprint density at radius 3 is 0.640 bits per heavy atom. The molecule has 0 nitrogen and oxygen atoms in total. The van der Waals surface area contributed by atoms with Gasteiger partial charge in [-0.05, 0) is 50.4 Å². The van der Waals surface area contributed by atoms with Crippen LogP contribution in [0.25, 0.3) is 0 Å². The third kappa shape index (κ3) is 17.9. The number of hydrogen-bond acceptors (Lipinski definition) is 0. The van der Waals surface area contributed by atoms with E-state index in [0.717, 1.165) is 48.4 Å².